The molecule has 0 spiro atoms. The molecule has 102 valence electrons. The van der Waals surface area contributed by atoms with Gasteiger partial charge in [-0.25, -0.2) is 9.97 Å². The highest BCUT2D eigenvalue weighted by Gasteiger charge is 2.16. The van der Waals surface area contributed by atoms with Gasteiger partial charge in [-0.15, -0.1) is 0 Å². The van der Waals surface area contributed by atoms with Gasteiger partial charge in [0, 0.05) is 20.3 Å². The quantitative estimate of drug-likeness (QED) is 0.838. The Morgan fingerprint density at radius 3 is 2.61 bits per heavy atom. The molecule has 0 aromatic carbocycles. The molecule has 0 aliphatic rings. The van der Waals surface area contributed by atoms with Gasteiger partial charge in [0.2, 0.25) is 0 Å². The van der Waals surface area contributed by atoms with E-state index in [0.717, 1.165) is 22.5 Å². The molecule has 0 aliphatic carbocycles. The zero-order valence-corrected chi connectivity index (χ0v) is 12.9. The molecule has 0 radical (unpaired) electrons. The first-order valence-corrected chi connectivity index (χ1v) is 6.84. The minimum absolute atomic E-state index is 0.129. The van der Waals surface area contributed by atoms with E-state index < -0.39 is 0 Å². The molecule has 18 heavy (non-hydrogen) atoms. The highest BCUT2D eigenvalue weighted by atomic mass is 79.9. The Morgan fingerprint density at radius 1 is 1.33 bits per heavy atom. The number of nitrogens with zero attached hydrogens (tertiary/aromatic N) is 2. The van der Waals surface area contributed by atoms with Gasteiger partial charge in [0.25, 0.3) is 0 Å². The van der Waals surface area contributed by atoms with Gasteiger partial charge in [-0.3, -0.25) is 0 Å². The lowest BCUT2D eigenvalue weighted by molar-refractivity contribution is 0.0695. The van der Waals surface area contributed by atoms with Crippen LogP contribution in [0.3, 0.4) is 0 Å². The van der Waals surface area contributed by atoms with Crippen molar-refractivity contribution in [1.82, 2.24) is 9.97 Å². The molecule has 6 heteroatoms. The van der Waals surface area contributed by atoms with Crippen molar-refractivity contribution < 1.29 is 9.47 Å². The second kappa shape index (κ2) is 7.66. The van der Waals surface area contributed by atoms with Crippen molar-refractivity contribution in [1.29, 1.82) is 0 Å². The monoisotopic (exact) mass is 317 g/mol. The first-order valence-electron chi connectivity index (χ1n) is 6.04. The van der Waals surface area contributed by atoms with Crippen LogP contribution in [0.2, 0.25) is 0 Å². The second-order valence-electron chi connectivity index (χ2n) is 3.75. The fraction of sp³-hybridized carbons (Fsp3) is 0.667. The third-order valence-electron chi connectivity index (χ3n) is 2.34. The Morgan fingerprint density at radius 2 is 2.06 bits per heavy atom. The van der Waals surface area contributed by atoms with Gasteiger partial charge in [-0.2, -0.15) is 0 Å². The van der Waals surface area contributed by atoms with Crippen molar-refractivity contribution in [3.63, 3.8) is 0 Å². The average Bonchev–Trinajstić information content (AvgIpc) is 2.34. The Hall–Kier alpha value is -0.720. The summed E-state index contributed by atoms with van der Waals surface area (Å²) in [6, 6.07) is 0. The van der Waals surface area contributed by atoms with Crippen molar-refractivity contribution >= 4 is 21.7 Å². The smallest absolute Gasteiger partial charge is 0.159 e. The summed E-state index contributed by atoms with van der Waals surface area (Å²) in [6.07, 6.45) is -0.129. The lowest BCUT2D eigenvalue weighted by atomic mass is 10.3. The minimum Gasteiger partial charge on any atom is -0.378 e. The highest BCUT2D eigenvalue weighted by Crippen LogP contribution is 2.26. The van der Waals surface area contributed by atoms with E-state index in [1.807, 2.05) is 20.8 Å². The Bertz CT molecular complexity index is 361. The first-order chi connectivity index (χ1) is 8.63. The van der Waals surface area contributed by atoms with E-state index in [9.17, 15) is 0 Å². The summed E-state index contributed by atoms with van der Waals surface area (Å²) >= 11 is 3.50. The van der Waals surface area contributed by atoms with Gasteiger partial charge in [0.15, 0.2) is 5.82 Å². The van der Waals surface area contributed by atoms with Gasteiger partial charge in [-0.05, 0) is 36.7 Å². The summed E-state index contributed by atoms with van der Waals surface area (Å²) in [6.45, 7) is 7.79. The van der Waals surface area contributed by atoms with E-state index in [1.165, 1.54) is 0 Å². The van der Waals surface area contributed by atoms with Crippen molar-refractivity contribution in [2.24, 2.45) is 0 Å². The number of methoxy groups -OCH3 is 1. The average molecular weight is 318 g/mol. The van der Waals surface area contributed by atoms with E-state index in [0.29, 0.717) is 19.0 Å². The van der Waals surface area contributed by atoms with Crippen LogP contribution in [-0.4, -0.2) is 30.2 Å². The number of hydrogen-bond acceptors (Lipinski definition) is 5. The normalized spacial score (nSPS) is 12.5. The molecule has 1 unspecified atom stereocenters. The number of anilines is 1. The molecule has 5 nitrogen and oxygen atoms in total. The van der Waals surface area contributed by atoms with Crippen LogP contribution in [0.4, 0.5) is 5.82 Å². The zero-order valence-electron chi connectivity index (χ0n) is 11.3. The molecule has 1 atom stereocenters. The van der Waals surface area contributed by atoms with Crippen molar-refractivity contribution in [3.8, 4) is 0 Å². The van der Waals surface area contributed by atoms with Crippen LogP contribution < -0.4 is 5.32 Å². The third-order valence-corrected chi connectivity index (χ3v) is 3.18. The van der Waals surface area contributed by atoms with E-state index >= 15 is 0 Å². The van der Waals surface area contributed by atoms with Crippen LogP contribution in [0, 0.1) is 0 Å². The van der Waals surface area contributed by atoms with E-state index in [2.05, 4.69) is 31.2 Å². The van der Waals surface area contributed by atoms with Crippen LogP contribution in [0.25, 0.3) is 0 Å². The van der Waals surface area contributed by atoms with E-state index in [-0.39, 0.29) is 6.10 Å². The summed E-state index contributed by atoms with van der Waals surface area (Å²) in [4.78, 5) is 8.95. The van der Waals surface area contributed by atoms with Gasteiger partial charge in [0.1, 0.15) is 11.9 Å². The van der Waals surface area contributed by atoms with Crippen LogP contribution >= 0.6 is 15.9 Å². The predicted octanol–water partition coefficient (Wildman–Crippen LogP) is 2.91. The van der Waals surface area contributed by atoms with E-state index in [1.54, 1.807) is 7.11 Å². The number of rotatable bonds is 7. The summed E-state index contributed by atoms with van der Waals surface area (Å²) in [5, 5.41) is 3.20. The summed E-state index contributed by atoms with van der Waals surface area (Å²) in [5.74, 6) is 1.45. The molecule has 0 saturated heterocycles. The summed E-state index contributed by atoms with van der Waals surface area (Å²) in [5.41, 5.74) is 0.824. The molecule has 1 aromatic heterocycles. The number of aromatic nitrogens is 2. The molecule has 1 rings (SSSR count). The maximum Gasteiger partial charge on any atom is 0.159 e. The van der Waals surface area contributed by atoms with Crippen LogP contribution in [0.5, 0.6) is 0 Å². The number of halogens is 1. The Labute approximate surface area is 116 Å². The van der Waals surface area contributed by atoms with Crippen LogP contribution in [0.1, 0.15) is 38.4 Å². The van der Waals surface area contributed by atoms with Crippen molar-refractivity contribution in [2.45, 2.75) is 33.5 Å². The standard InChI is InChI=1S/C12H20BrN3O2/c1-5-14-12-10(13)9(7-17-4)15-11(16-12)8(3)18-6-2/h8H,5-7H2,1-4H3,(H,14,15,16). The SMILES string of the molecule is CCNc1nc(C(C)OCC)nc(COC)c1Br. The lowest BCUT2D eigenvalue weighted by Crippen LogP contribution is -2.12. The lowest BCUT2D eigenvalue weighted by Gasteiger charge is -2.15. The molecule has 0 aliphatic heterocycles. The molecule has 0 amide bonds. The van der Waals surface area contributed by atoms with Gasteiger partial charge < -0.3 is 14.8 Å². The minimum atomic E-state index is -0.129. The topological polar surface area (TPSA) is 56.3 Å². The third kappa shape index (κ3) is 3.90. The van der Waals surface area contributed by atoms with Crippen molar-refractivity contribution in [2.75, 3.05) is 25.6 Å². The Kier molecular flexibility index (Phi) is 6.52. The van der Waals surface area contributed by atoms with Gasteiger partial charge in [0.05, 0.1) is 16.8 Å². The van der Waals surface area contributed by atoms with E-state index in [4.69, 9.17) is 9.47 Å². The molecule has 1 heterocycles. The molecule has 1 N–H and O–H groups in total. The number of hydrogen-bond donors (Lipinski definition) is 1. The molecule has 0 saturated carbocycles. The molecular formula is C12H20BrN3O2. The predicted molar refractivity (Wildman–Crippen MR) is 74.6 cm³/mol. The molecule has 0 fully saturated rings. The second-order valence-corrected chi connectivity index (χ2v) is 4.55. The van der Waals surface area contributed by atoms with Crippen LogP contribution in [0.15, 0.2) is 4.47 Å². The van der Waals surface area contributed by atoms with Gasteiger partial charge >= 0.3 is 0 Å². The van der Waals surface area contributed by atoms with Crippen molar-refractivity contribution in [3.05, 3.63) is 16.0 Å². The van der Waals surface area contributed by atoms with Gasteiger partial charge in [-0.1, -0.05) is 0 Å². The highest BCUT2D eigenvalue weighted by molar-refractivity contribution is 9.10. The fourth-order valence-electron chi connectivity index (χ4n) is 1.54. The number of nitrogens with one attached hydrogen (secondary N) is 1. The maximum absolute atomic E-state index is 5.53. The molecule has 0 bridgehead atoms. The van der Waals surface area contributed by atoms with Crippen LogP contribution in [-0.2, 0) is 16.1 Å². The molecule has 1 aromatic rings. The molecular weight excluding hydrogens is 298 g/mol. The first kappa shape index (κ1) is 15.3. The maximum atomic E-state index is 5.53. The fourth-order valence-corrected chi connectivity index (χ4v) is 1.97. The summed E-state index contributed by atoms with van der Waals surface area (Å²) in [7, 11) is 1.65. The Balaban J connectivity index is 3.10. The number of ether oxygens (including phenoxy) is 2. The largest absolute Gasteiger partial charge is 0.378 e. The summed E-state index contributed by atoms with van der Waals surface area (Å²) < 4.78 is 11.5. The zero-order chi connectivity index (χ0) is 13.5.